The minimum atomic E-state index is -1.05. The number of methoxy groups -OCH3 is 1. The number of pyridine rings is 1. The molecule has 6 nitrogen and oxygen atoms in total. The minimum absolute atomic E-state index is 0.233. The molecule has 0 fully saturated rings. The molecule has 0 bridgehead atoms. The molecule has 1 unspecified atom stereocenters. The molecule has 6 heteroatoms. The van der Waals surface area contributed by atoms with E-state index in [1.165, 1.54) is 0 Å². The van der Waals surface area contributed by atoms with Gasteiger partial charge in [0.2, 0.25) is 5.91 Å². The van der Waals surface area contributed by atoms with E-state index in [1.54, 1.807) is 32.5 Å². The van der Waals surface area contributed by atoms with E-state index in [4.69, 9.17) is 10.5 Å². The molecule has 1 aromatic heterocycles. The largest absolute Gasteiger partial charge is 0.496 e. The molecule has 0 radical (unpaired) electrons. The maximum Gasteiger partial charge on any atom is 0.249 e. The summed E-state index contributed by atoms with van der Waals surface area (Å²) in [5.74, 6) is 1.28. The highest BCUT2D eigenvalue weighted by Crippen LogP contribution is 2.40. The Hall–Kier alpha value is -2.60. The first-order valence-corrected chi connectivity index (χ1v) is 7.49. The number of nitrogens with zero attached hydrogens (tertiary/aromatic N) is 1. The maximum absolute atomic E-state index is 12.7. The second-order valence-corrected chi connectivity index (χ2v) is 5.59. The number of fused-ring (bicyclic) bond motifs is 1. The number of rotatable bonds is 4. The van der Waals surface area contributed by atoms with Gasteiger partial charge < -0.3 is 21.1 Å². The molecule has 0 saturated heterocycles. The molecule has 1 aromatic carbocycles. The van der Waals surface area contributed by atoms with Gasteiger partial charge in [0.05, 0.1) is 19.0 Å². The summed E-state index contributed by atoms with van der Waals surface area (Å²) in [7, 11) is 3.42. The number of anilines is 2. The quantitative estimate of drug-likeness (QED) is 0.802. The lowest BCUT2D eigenvalue weighted by Gasteiger charge is -2.24. The summed E-state index contributed by atoms with van der Waals surface area (Å²) in [4.78, 5) is 16.9. The second-order valence-electron chi connectivity index (χ2n) is 5.59. The van der Waals surface area contributed by atoms with Gasteiger partial charge in [-0.1, -0.05) is 12.1 Å². The highest BCUT2D eigenvalue weighted by molar-refractivity contribution is 5.99. The first-order chi connectivity index (χ1) is 11.1. The maximum atomic E-state index is 12.7. The summed E-state index contributed by atoms with van der Waals surface area (Å²) < 4.78 is 5.37. The summed E-state index contributed by atoms with van der Waals surface area (Å²) >= 11 is 0. The normalized spacial score (nSPS) is 19.1. The molecule has 2 aromatic rings. The van der Waals surface area contributed by atoms with Crippen LogP contribution in [-0.4, -0.2) is 25.0 Å². The number of benzene rings is 1. The molecule has 0 spiro atoms. The predicted molar refractivity (Wildman–Crippen MR) is 89.6 cm³/mol. The monoisotopic (exact) mass is 312 g/mol. The van der Waals surface area contributed by atoms with Gasteiger partial charge in [-0.3, -0.25) is 4.79 Å². The first-order valence-electron chi connectivity index (χ1n) is 7.49. The number of ether oxygens (including phenoxy) is 1. The number of amides is 1. The van der Waals surface area contributed by atoms with Gasteiger partial charge in [0.25, 0.3) is 0 Å². The van der Waals surface area contributed by atoms with Crippen LogP contribution in [0.2, 0.25) is 0 Å². The van der Waals surface area contributed by atoms with E-state index in [9.17, 15) is 4.79 Å². The molecule has 1 aliphatic carbocycles. The van der Waals surface area contributed by atoms with Crippen LogP contribution < -0.4 is 21.1 Å². The van der Waals surface area contributed by atoms with Crippen LogP contribution in [0.5, 0.6) is 5.75 Å². The molecule has 1 amide bonds. The number of nitrogens with two attached hydrogens (primary N) is 1. The Balaban J connectivity index is 1.86. The Kier molecular flexibility index (Phi) is 3.92. The van der Waals surface area contributed by atoms with E-state index in [-0.39, 0.29) is 5.91 Å². The lowest BCUT2D eigenvalue weighted by Crippen LogP contribution is -2.46. The average molecular weight is 312 g/mol. The number of hydrogen-bond acceptors (Lipinski definition) is 5. The van der Waals surface area contributed by atoms with Crippen LogP contribution in [0.3, 0.4) is 0 Å². The molecule has 1 heterocycles. The van der Waals surface area contributed by atoms with E-state index < -0.39 is 5.54 Å². The Morgan fingerprint density at radius 1 is 1.35 bits per heavy atom. The summed E-state index contributed by atoms with van der Waals surface area (Å²) in [5, 5.41) is 5.79. The molecular weight excluding hydrogens is 292 g/mol. The van der Waals surface area contributed by atoms with Crippen LogP contribution in [0.15, 0.2) is 36.5 Å². The van der Waals surface area contributed by atoms with Gasteiger partial charge in [-0.15, -0.1) is 0 Å². The predicted octanol–water partition coefficient (Wildman–Crippen LogP) is 1.87. The molecule has 0 aliphatic heterocycles. The van der Waals surface area contributed by atoms with Crippen LogP contribution in [0.4, 0.5) is 11.5 Å². The van der Waals surface area contributed by atoms with Crippen molar-refractivity contribution in [3.63, 3.8) is 0 Å². The zero-order valence-corrected chi connectivity index (χ0v) is 13.2. The third-order valence-corrected chi connectivity index (χ3v) is 4.29. The van der Waals surface area contributed by atoms with Gasteiger partial charge in [-0.25, -0.2) is 4.98 Å². The van der Waals surface area contributed by atoms with Gasteiger partial charge in [-0.05, 0) is 42.2 Å². The second kappa shape index (κ2) is 5.89. The smallest absolute Gasteiger partial charge is 0.249 e. The van der Waals surface area contributed by atoms with Crippen LogP contribution in [0.1, 0.15) is 17.5 Å². The van der Waals surface area contributed by atoms with Crippen molar-refractivity contribution in [3.8, 4) is 5.75 Å². The molecule has 1 aliphatic rings. The summed E-state index contributed by atoms with van der Waals surface area (Å²) in [6.45, 7) is 0. The van der Waals surface area contributed by atoms with E-state index in [2.05, 4.69) is 15.6 Å². The number of aromatic nitrogens is 1. The van der Waals surface area contributed by atoms with Crippen LogP contribution >= 0.6 is 0 Å². The number of nitrogens with one attached hydrogen (secondary N) is 2. The van der Waals surface area contributed by atoms with Gasteiger partial charge in [0.15, 0.2) is 0 Å². The third kappa shape index (κ3) is 2.61. The van der Waals surface area contributed by atoms with E-state index in [0.29, 0.717) is 12.1 Å². The van der Waals surface area contributed by atoms with Crippen molar-refractivity contribution < 1.29 is 9.53 Å². The molecule has 3 rings (SSSR count). The third-order valence-electron chi connectivity index (χ3n) is 4.29. The van der Waals surface area contributed by atoms with E-state index in [1.807, 2.05) is 18.2 Å². The number of hydrogen-bond donors (Lipinski definition) is 3. The van der Waals surface area contributed by atoms with E-state index >= 15 is 0 Å². The summed E-state index contributed by atoms with van der Waals surface area (Å²) in [6.07, 6.45) is 2.88. The Labute approximate surface area is 135 Å². The topological polar surface area (TPSA) is 89.3 Å². The number of carbonyl (C=O) groups excluding carboxylic acids is 1. The van der Waals surface area contributed by atoms with Crippen molar-refractivity contribution in [2.45, 2.75) is 18.4 Å². The van der Waals surface area contributed by atoms with Crippen molar-refractivity contribution in [1.82, 2.24) is 4.98 Å². The summed E-state index contributed by atoms with van der Waals surface area (Å²) in [6, 6.07) is 9.24. The van der Waals surface area contributed by atoms with E-state index in [0.717, 1.165) is 29.1 Å². The summed E-state index contributed by atoms with van der Waals surface area (Å²) in [5.41, 5.74) is 7.85. The van der Waals surface area contributed by atoms with Crippen molar-refractivity contribution in [2.24, 2.45) is 5.73 Å². The average Bonchev–Trinajstić information content (AvgIpc) is 2.94. The van der Waals surface area contributed by atoms with Crippen LogP contribution in [0.25, 0.3) is 0 Å². The van der Waals surface area contributed by atoms with Crippen molar-refractivity contribution >= 4 is 17.4 Å². The number of carbonyl (C=O) groups is 1. The zero-order valence-electron chi connectivity index (χ0n) is 13.2. The van der Waals surface area contributed by atoms with Gasteiger partial charge in [0, 0.05) is 7.05 Å². The zero-order chi connectivity index (χ0) is 16.4. The highest BCUT2D eigenvalue weighted by atomic mass is 16.5. The Bertz CT molecular complexity index is 730. The molecule has 120 valence electrons. The minimum Gasteiger partial charge on any atom is -0.496 e. The van der Waals surface area contributed by atoms with Gasteiger partial charge in [-0.2, -0.15) is 0 Å². The SMILES string of the molecule is CNc1ccc(NC(=O)C2(N)CCc3c(OC)cccc32)cn1. The fraction of sp³-hybridized carbons (Fsp3) is 0.294. The van der Waals surface area contributed by atoms with Gasteiger partial charge in [0.1, 0.15) is 17.1 Å². The van der Waals surface area contributed by atoms with Crippen molar-refractivity contribution in [1.29, 1.82) is 0 Å². The first kappa shape index (κ1) is 15.3. The lowest BCUT2D eigenvalue weighted by molar-refractivity contribution is -0.121. The standard InChI is InChI=1S/C17H20N4O2/c1-19-15-7-6-11(10-20-15)21-16(22)17(18)9-8-12-13(17)4-3-5-14(12)23-2/h3-7,10H,8-9,18H2,1-2H3,(H,19,20)(H,21,22). The van der Waals surface area contributed by atoms with Crippen LogP contribution in [0, 0.1) is 0 Å². The molecule has 23 heavy (non-hydrogen) atoms. The van der Waals surface area contributed by atoms with Crippen molar-refractivity contribution in [3.05, 3.63) is 47.7 Å². The van der Waals surface area contributed by atoms with Crippen LogP contribution in [-0.2, 0) is 16.8 Å². The molecule has 4 N–H and O–H groups in total. The Morgan fingerprint density at radius 2 is 2.17 bits per heavy atom. The fourth-order valence-electron chi connectivity index (χ4n) is 2.98. The highest BCUT2D eigenvalue weighted by Gasteiger charge is 2.43. The van der Waals surface area contributed by atoms with Gasteiger partial charge >= 0.3 is 0 Å². The lowest BCUT2D eigenvalue weighted by atomic mass is 9.91. The fourth-order valence-corrected chi connectivity index (χ4v) is 2.98. The van der Waals surface area contributed by atoms with Crippen molar-refractivity contribution in [2.75, 3.05) is 24.8 Å². The molecule has 1 atom stereocenters. The molecule has 0 saturated carbocycles. The Morgan fingerprint density at radius 3 is 2.83 bits per heavy atom. The molecular formula is C17H20N4O2.